The van der Waals surface area contributed by atoms with Crippen molar-refractivity contribution in [3.8, 4) is 0 Å². The van der Waals surface area contributed by atoms with E-state index in [4.69, 9.17) is 5.11 Å². The molecule has 13 heavy (non-hydrogen) atoms. The van der Waals surface area contributed by atoms with Gasteiger partial charge in [0.2, 0.25) is 5.91 Å². The van der Waals surface area contributed by atoms with Crippen LogP contribution in [-0.4, -0.2) is 23.7 Å². The van der Waals surface area contributed by atoms with Gasteiger partial charge >= 0.3 is 0 Å². The average Bonchev–Trinajstić information content (AvgIpc) is 2.04. The predicted molar refractivity (Wildman–Crippen MR) is 53.4 cm³/mol. The van der Waals surface area contributed by atoms with E-state index >= 15 is 0 Å². The van der Waals surface area contributed by atoms with E-state index in [9.17, 15) is 4.79 Å². The van der Waals surface area contributed by atoms with Crippen molar-refractivity contribution in [1.29, 1.82) is 0 Å². The van der Waals surface area contributed by atoms with Gasteiger partial charge in [-0.3, -0.25) is 4.79 Å². The van der Waals surface area contributed by atoms with E-state index in [-0.39, 0.29) is 18.6 Å². The molecule has 0 heterocycles. The molecule has 2 N–H and O–H groups in total. The van der Waals surface area contributed by atoms with Gasteiger partial charge in [0.1, 0.15) is 0 Å². The maximum absolute atomic E-state index is 11.3. The highest BCUT2D eigenvalue weighted by Crippen LogP contribution is 2.05. The van der Waals surface area contributed by atoms with E-state index in [2.05, 4.69) is 19.2 Å². The third-order valence-electron chi connectivity index (χ3n) is 2.20. The largest absolute Gasteiger partial charge is 0.396 e. The van der Waals surface area contributed by atoms with Gasteiger partial charge in [-0.2, -0.15) is 0 Å². The lowest BCUT2D eigenvalue weighted by molar-refractivity contribution is -0.122. The summed E-state index contributed by atoms with van der Waals surface area (Å²) in [6, 6.07) is 0.0848. The summed E-state index contributed by atoms with van der Waals surface area (Å²) in [6.45, 7) is 6.18. The Bertz CT molecular complexity index is 148. The van der Waals surface area contributed by atoms with Crippen LogP contribution < -0.4 is 5.32 Å². The van der Waals surface area contributed by atoms with Gasteiger partial charge in [-0.25, -0.2) is 0 Å². The molecule has 0 spiro atoms. The van der Waals surface area contributed by atoms with Crippen LogP contribution in [0.3, 0.4) is 0 Å². The van der Waals surface area contributed by atoms with Crippen LogP contribution in [0.2, 0.25) is 0 Å². The number of hydrogen-bond donors (Lipinski definition) is 2. The van der Waals surface area contributed by atoms with Gasteiger partial charge < -0.3 is 10.4 Å². The molecule has 0 saturated heterocycles. The number of nitrogens with one attached hydrogen (secondary N) is 1. The van der Waals surface area contributed by atoms with Crippen LogP contribution >= 0.6 is 0 Å². The molecule has 2 unspecified atom stereocenters. The van der Waals surface area contributed by atoms with Crippen LogP contribution in [0.15, 0.2) is 0 Å². The minimum atomic E-state index is 0.0848. The fourth-order valence-electron chi connectivity index (χ4n) is 1.06. The highest BCUT2D eigenvalue weighted by molar-refractivity contribution is 5.76. The Labute approximate surface area is 80.5 Å². The van der Waals surface area contributed by atoms with Crippen molar-refractivity contribution in [1.82, 2.24) is 5.32 Å². The standard InChI is InChI=1S/C10H21NO2/c1-4-8(2)7-10(13)11-9(3)5-6-12/h8-9,12H,4-7H2,1-3H3,(H,11,13). The summed E-state index contributed by atoms with van der Waals surface area (Å²) in [4.78, 5) is 11.3. The molecule has 0 fully saturated rings. The quantitative estimate of drug-likeness (QED) is 0.658. The molecule has 0 radical (unpaired) electrons. The second kappa shape index (κ2) is 6.89. The van der Waals surface area contributed by atoms with Crippen molar-refractivity contribution in [2.45, 2.75) is 46.1 Å². The van der Waals surface area contributed by atoms with Crippen LogP contribution in [0.4, 0.5) is 0 Å². The Hall–Kier alpha value is -0.570. The first-order valence-corrected chi connectivity index (χ1v) is 5.00. The molecule has 0 aliphatic rings. The minimum Gasteiger partial charge on any atom is -0.396 e. The zero-order chi connectivity index (χ0) is 10.3. The number of carbonyl (C=O) groups excluding carboxylic acids is 1. The summed E-state index contributed by atoms with van der Waals surface area (Å²) < 4.78 is 0. The third kappa shape index (κ3) is 6.58. The summed E-state index contributed by atoms with van der Waals surface area (Å²) in [7, 11) is 0. The van der Waals surface area contributed by atoms with E-state index in [1.807, 2.05) is 6.92 Å². The Morgan fingerprint density at radius 2 is 2.08 bits per heavy atom. The van der Waals surface area contributed by atoms with E-state index in [1.165, 1.54) is 0 Å². The Balaban J connectivity index is 3.61. The van der Waals surface area contributed by atoms with Gasteiger partial charge in [-0.05, 0) is 19.3 Å². The van der Waals surface area contributed by atoms with E-state index < -0.39 is 0 Å². The van der Waals surface area contributed by atoms with Crippen molar-refractivity contribution < 1.29 is 9.90 Å². The summed E-state index contributed by atoms with van der Waals surface area (Å²) >= 11 is 0. The van der Waals surface area contributed by atoms with Crippen molar-refractivity contribution >= 4 is 5.91 Å². The highest BCUT2D eigenvalue weighted by atomic mass is 16.3. The lowest BCUT2D eigenvalue weighted by atomic mass is 10.0. The van der Waals surface area contributed by atoms with Crippen LogP contribution in [0.5, 0.6) is 0 Å². The number of carbonyl (C=O) groups is 1. The molecule has 0 bridgehead atoms. The predicted octanol–water partition coefficient (Wildman–Crippen LogP) is 1.31. The SMILES string of the molecule is CCC(C)CC(=O)NC(C)CCO. The van der Waals surface area contributed by atoms with E-state index in [1.54, 1.807) is 0 Å². The minimum absolute atomic E-state index is 0.0848. The van der Waals surface area contributed by atoms with Gasteiger partial charge in [0.05, 0.1) is 0 Å². The van der Waals surface area contributed by atoms with Gasteiger partial charge in [0, 0.05) is 19.1 Å². The molecule has 78 valence electrons. The highest BCUT2D eigenvalue weighted by Gasteiger charge is 2.09. The lowest BCUT2D eigenvalue weighted by Gasteiger charge is -2.14. The van der Waals surface area contributed by atoms with Crippen LogP contribution in [0.1, 0.15) is 40.0 Å². The number of rotatable bonds is 6. The van der Waals surface area contributed by atoms with Crippen molar-refractivity contribution in [3.05, 3.63) is 0 Å². The molecule has 0 aromatic heterocycles. The first-order valence-electron chi connectivity index (χ1n) is 5.00. The fraction of sp³-hybridized carbons (Fsp3) is 0.900. The van der Waals surface area contributed by atoms with Gasteiger partial charge in [-0.1, -0.05) is 20.3 Å². The third-order valence-corrected chi connectivity index (χ3v) is 2.20. The smallest absolute Gasteiger partial charge is 0.220 e. The van der Waals surface area contributed by atoms with Crippen LogP contribution in [0.25, 0.3) is 0 Å². The van der Waals surface area contributed by atoms with Crippen LogP contribution in [0, 0.1) is 5.92 Å². The van der Waals surface area contributed by atoms with E-state index in [0.717, 1.165) is 6.42 Å². The van der Waals surface area contributed by atoms with Crippen molar-refractivity contribution in [3.63, 3.8) is 0 Å². The second-order valence-electron chi connectivity index (χ2n) is 3.70. The molecule has 0 rings (SSSR count). The lowest BCUT2D eigenvalue weighted by Crippen LogP contribution is -2.33. The van der Waals surface area contributed by atoms with Crippen LogP contribution in [-0.2, 0) is 4.79 Å². The Kier molecular flexibility index (Phi) is 6.59. The molecular weight excluding hydrogens is 166 g/mol. The van der Waals surface area contributed by atoms with Gasteiger partial charge in [-0.15, -0.1) is 0 Å². The molecule has 0 saturated carbocycles. The molecule has 0 aliphatic carbocycles. The zero-order valence-corrected chi connectivity index (χ0v) is 8.84. The average molecular weight is 187 g/mol. The van der Waals surface area contributed by atoms with Gasteiger partial charge in [0.25, 0.3) is 0 Å². The maximum Gasteiger partial charge on any atom is 0.220 e. The number of hydrogen-bond acceptors (Lipinski definition) is 2. The molecule has 0 aromatic carbocycles. The normalized spacial score (nSPS) is 15.1. The first-order chi connectivity index (χ1) is 6.10. The maximum atomic E-state index is 11.3. The van der Waals surface area contributed by atoms with Gasteiger partial charge in [0.15, 0.2) is 0 Å². The summed E-state index contributed by atoms with van der Waals surface area (Å²) in [5.74, 6) is 0.539. The molecule has 0 aliphatic heterocycles. The molecular formula is C10H21NO2. The summed E-state index contributed by atoms with van der Waals surface area (Å²) in [5.41, 5.74) is 0. The number of amides is 1. The molecule has 0 aromatic rings. The summed E-state index contributed by atoms with van der Waals surface area (Å²) in [5, 5.41) is 11.5. The summed E-state index contributed by atoms with van der Waals surface area (Å²) in [6.07, 6.45) is 2.25. The van der Waals surface area contributed by atoms with Crippen molar-refractivity contribution in [2.24, 2.45) is 5.92 Å². The topological polar surface area (TPSA) is 49.3 Å². The van der Waals surface area contributed by atoms with Crippen molar-refractivity contribution in [2.75, 3.05) is 6.61 Å². The van der Waals surface area contributed by atoms with E-state index in [0.29, 0.717) is 18.8 Å². The molecule has 3 nitrogen and oxygen atoms in total. The molecule has 2 atom stereocenters. The number of aliphatic hydroxyl groups is 1. The monoisotopic (exact) mass is 187 g/mol. The fourth-order valence-corrected chi connectivity index (χ4v) is 1.06. The second-order valence-corrected chi connectivity index (χ2v) is 3.70. The zero-order valence-electron chi connectivity index (χ0n) is 8.84. The molecule has 1 amide bonds. The Morgan fingerprint density at radius 1 is 1.46 bits per heavy atom. The first kappa shape index (κ1) is 12.4. The Morgan fingerprint density at radius 3 is 2.54 bits per heavy atom. The molecule has 3 heteroatoms. The number of aliphatic hydroxyl groups excluding tert-OH is 1.